The van der Waals surface area contributed by atoms with Crippen molar-refractivity contribution in [2.75, 3.05) is 44.2 Å². The average Bonchev–Trinajstić information content (AvgIpc) is 2.38. The number of nitrogens with zero attached hydrogens (tertiary/aromatic N) is 5. The van der Waals surface area contributed by atoms with E-state index < -0.39 is 0 Å². The molecule has 1 saturated heterocycles. The number of piperazine rings is 1. The first-order valence-electron chi connectivity index (χ1n) is 6.83. The van der Waals surface area contributed by atoms with Gasteiger partial charge in [-0.25, -0.2) is 15.0 Å². The molecule has 0 aliphatic carbocycles. The van der Waals surface area contributed by atoms with E-state index in [1.54, 1.807) is 6.92 Å². The lowest BCUT2D eigenvalue weighted by Gasteiger charge is -2.35. The maximum absolute atomic E-state index is 8.96. The molecule has 1 aromatic heterocycles. The lowest BCUT2D eigenvalue weighted by Crippen LogP contribution is -2.47. The summed E-state index contributed by atoms with van der Waals surface area (Å²) in [6.07, 6.45) is 0. The van der Waals surface area contributed by atoms with Gasteiger partial charge in [0.15, 0.2) is 5.82 Å². The third-order valence-corrected chi connectivity index (χ3v) is 3.21. The summed E-state index contributed by atoms with van der Waals surface area (Å²) in [4.78, 5) is 17.4. The molecule has 7 nitrogen and oxygen atoms in total. The van der Waals surface area contributed by atoms with Crippen molar-refractivity contribution in [2.45, 2.75) is 13.8 Å². The van der Waals surface area contributed by atoms with Gasteiger partial charge in [0.05, 0.1) is 12.4 Å². The van der Waals surface area contributed by atoms with Gasteiger partial charge < -0.3 is 15.7 Å². The van der Waals surface area contributed by atoms with Crippen LogP contribution in [0.1, 0.15) is 12.7 Å². The van der Waals surface area contributed by atoms with Gasteiger partial charge in [0, 0.05) is 38.8 Å². The number of anilines is 1. The van der Waals surface area contributed by atoms with Crippen molar-refractivity contribution in [3.63, 3.8) is 0 Å². The Bertz CT molecular complexity index is 478. The summed E-state index contributed by atoms with van der Waals surface area (Å²) >= 11 is 0. The van der Waals surface area contributed by atoms with E-state index in [2.05, 4.69) is 24.8 Å². The molecule has 7 heteroatoms. The average molecular weight is 278 g/mol. The van der Waals surface area contributed by atoms with E-state index in [9.17, 15) is 0 Å². The van der Waals surface area contributed by atoms with Gasteiger partial charge in [0.1, 0.15) is 11.6 Å². The molecule has 0 bridgehead atoms. The predicted octanol–water partition coefficient (Wildman–Crippen LogP) is -0.0921. The normalized spacial score (nSPS) is 17.6. The highest BCUT2D eigenvalue weighted by Crippen LogP contribution is 2.19. The van der Waals surface area contributed by atoms with Gasteiger partial charge in [-0.3, -0.25) is 4.90 Å². The molecular weight excluding hydrogens is 256 g/mol. The quantitative estimate of drug-likeness (QED) is 0.591. The van der Waals surface area contributed by atoms with Gasteiger partial charge in [0.2, 0.25) is 0 Å². The first-order chi connectivity index (χ1) is 9.58. The third-order valence-electron chi connectivity index (χ3n) is 3.21. The molecule has 0 radical (unpaired) electrons. The summed E-state index contributed by atoms with van der Waals surface area (Å²) in [5.74, 6) is 2.67. The molecule has 1 aromatic rings. The minimum atomic E-state index is 0.210. The largest absolute Gasteiger partial charge is 0.395 e. The van der Waals surface area contributed by atoms with E-state index in [4.69, 9.17) is 10.8 Å². The van der Waals surface area contributed by atoms with Crippen molar-refractivity contribution in [3.8, 4) is 0 Å². The molecule has 2 heterocycles. The fourth-order valence-corrected chi connectivity index (χ4v) is 2.28. The van der Waals surface area contributed by atoms with Crippen LogP contribution in [0.5, 0.6) is 0 Å². The van der Waals surface area contributed by atoms with Gasteiger partial charge >= 0.3 is 0 Å². The number of aliphatic imine (C=N–C) groups is 1. The number of hydrogen-bond acceptors (Lipinski definition) is 6. The van der Waals surface area contributed by atoms with Crippen LogP contribution in [0.25, 0.3) is 0 Å². The van der Waals surface area contributed by atoms with Crippen molar-refractivity contribution in [2.24, 2.45) is 10.7 Å². The number of hydrogen-bond donors (Lipinski definition) is 2. The Kier molecular flexibility index (Phi) is 4.86. The first kappa shape index (κ1) is 14.7. The number of aromatic nitrogens is 2. The van der Waals surface area contributed by atoms with Crippen molar-refractivity contribution < 1.29 is 5.11 Å². The maximum atomic E-state index is 8.96. The van der Waals surface area contributed by atoms with Crippen LogP contribution in [0, 0.1) is 6.92 Å². The Morgan fingerprint density at radius 1 is 1.35 bits per heavy atom. The molecule has 2 rings (SSSR count). The fourth-order valence-electron chi connectivity index (χ4n) is 2.28. The van der Waals surface area contributed by atoms with Crippen LogP contribution in [-0.2, 0) is 0 Å². The molecule has 1 aliphatic heterocycles. The van der Waals surface area contributed by atoms with Gasteiger partial charge in [-0.05, 0) is 13.8 Å². The topological polar surface area (TPSA) is 90.9 Å². The second kappa shape index (κ2) is 6.62. The molecule has 0 spiro atoms. The number of aryl methyl sites for hydroxylation is 1. The van der Waals surface area contributed by atoms with E-state index in [0.29, 0.717) is 17.5 Å². The number of amidine groups is 1. The summed E-state index contributed by atoms with van der Waals surface area (Å²) < 4.78 is 0. The molecule has 0 aromatic carbocycles. The van der Waals surface area contributed by atoms with Crippen molar-refractivity contribution in [3.05, 3.63) is 11.9 Å². The van der Waals surface area contributed by atoms with Crippen LogP contribution in [0.2, 0.25) is 0 Å². The van der Waals surface area contributed by atoms with Gasteiger partial charge in [0.25, 0.3) is 0 Å². The lowest BCUT2D eigenvalue weighted by molar-refractivity contribution is 0.188. The van der Waals surface area contributed by atoms with Crippen LogP contribution in [-0.4, -0.2) is 65.1 Å². The summed E-state index contributed by atoms with van der Waals surface area (Å²) in [7, 11) is 0. The second-order valence-corrected chi connectivity index (χ2v) is 4.94. The molecule has 0 amide bonds. The van der Waals surface area contributed by atoms with E-state index in [-0.39, 0.29) is 6.61 Å². The standard InChI is InChI=1S/C13H22N6O/c1-10(14)15-12-9-13(17-11(2)16-12)19-5-3-18(4-6-19)7-8-20/h9,20H,3-8H2,1-2H3,(H2,14,15,16,17). The Hall–Kier alpha value is -1.73. The zero-order valence-electron chi connectivity index (χ0n) is 12.1. The van der Waals surface area contributed by atoms with Crippen LogP contribution >= 0.6 is 0 Å². The van der Waals surface area contributed by atoms with Crippen molar-refractivity contribution >= 4 is 17.5 Å². The Balaban J connectivity index is 2.10. The van der Waals surface area contributed by atoms with Crippen LogP contribution in [0.3, 0.4) is 0 Å². The molecular formula is C13H22N6O. The molecule has 0 saturated carbocycles. The molecule has 0 unspecified atom stereocenters. The summed E-state index contributed by atoms with van der Waals surface area (Å²) in [5, 5.41) is 8.96. The van der Waals surface area contributed by atoms with Crippen molar-refractivity contribution in [1.82, 2.24) is 14.9 Å². The number of β-amino-alcohol motifs (C(OH)–C–C–N with tert-alkyl or cyclic N) is 1. The predicted molar refractivity (Wildman–Crippen MR) is 79.5 cm³/mol. The van der Waals surface area contributed by atoms with E-state index in [1.165, 1.54) is 0 Å². The van der Waals surface area contributed by atoms with Crippen LogP contribution in [0.15, 0.2) is 11.1 Å². The molecule has 3 N–H and O–H groups in total. The van der Waals surface area contributed by atoms with E-state index in [1.807, 2.05) is 13.0 Å². The number of aliphatic hydroxyl groups excluding tert-OH is 1. The Morgan fingerprint density at radius 2 is 2.05 bits per heavy atom. The maximum Gasteiger partial charge on any atom is 0.159 e. The van der Waals surface area contributed by atoms with Crippen LogP contribution < -0.4 is 10.6 Å². The second-order valence-electron chi connectivity index (χ2n) is 4.94. The summed E-state index contributed by atoms with van der Waals surface area (Å²) in [6.45, 7) is 8.18. The zero-order valence-corrected chi connectivity index (χ0v) is 12.1. The molecule has 110 valence electrons. The first-order valence-corrected chi connectivity index (χ1v) is 6.83. The Morgan fingerprint density at radius 3 is 2.65 bits per heavy atom. The monoisotopic (exact) mass is 278 g/mol. The summed E-state index contributed by atoms with van der Waals surface area (Å²) in [6, 6.07) is 1.87. The smallest absolute Gasteiger partial charge is 0.159 e. The number of nitrogens with two attached hydrogens (primary N) is 1. The third kappa shape index (κ3) is 3.88. The van der Waals surface area contributed by atoms with Crippen molar-refractivity contribution in [1.29, 1.82) is 0 Å². The highest BCUT2D eigenvalue weighted by molar-refractivity contribution is 5.80. The van der Waals surface area contributed by atoms with Crippen LogP contribution in [0.4, 0.5) is 11.6 Å². The molecule has 20 heavy (non-hydrogen) atoms. The highest BCUT2D eigenvalue weighted by Gasteiger charge is 2.18. The SMILES string of the molecule is CC(N)=Nc1cc(N2CCN(CCO)CC2)nc(C)n1. The number of rotatable bonds is 4. The van der Waals surface area contributed by atoms with E-state index in [0.717, 1.165) is 38.5 Å². The fraction of sp³-hybridized carbons (Fsp3) is 0.615. The zero-order chi connectivity index (χ0) is 14.5. The van der Waals surface area contributed by atoms with Gasteiger partial charge in [-0.15, -0.1) is 0 Å². The minimum Gasteiger partial charge on any atom is -0.395 e. The highest BCUT2D eigenvalue weighted by atomic mass is 16.3. The minimum absolute atomic E-state index is 0.210. The molecule has 0 atom stereocenters. The summed E-state index contributed by atoms with van der Waals surface area (Å²) in [5.41, 5.74) is 5.60. The molecule has 1 fully saturated rings. The van der Waals surface area contributed by atoms with Gasteiger partial charge in [-0.2, -0.15) is 0 Å². The number of aliphatic hydroxyl groups is 1. The lowest BCUT2D eigenvalue weighted by atomic mass is 10.3. The van der Waals surface area contributed by atoms with E-state index >= 15 is 0 Å². The Labute approximate surface area is 119 Å². The molecule has 1 aliphatic rings. The van der Waals surface area contributed by atoms with Gasteiger partial charge in [-0.1, -0.05) is 0 Å².